The first-order chi connectivity index (χ1) is 7.83. The van der Waals surface area contributed by atoms with E-state index < -0.39 is 0 Å². The highest BCUT2D eigenvalue weighted by Gasteiger charge is 2.29. The van der Waals surface area contributed by atoms with E-state index in [1.807, 2.05) is 0 Å². The van der Waals surface area contributed by atoms with E-state index in [-0.39, 0.29) is 5.41 Å². The van der Waals surface area contributed by atoms with Gasteiger partial charge in [-0.2, -0.15) is 5.26 Å². The predicted molar refractivity (Wildman–Crippen MR) is 69.1 cm³/mol. The molecule has 0 aromatic heterocycles. The number of unbranched alkanes of at least 4 members (excludes halogenated alkanes) is 4. The zero-order valence-corrected chi connectivity index (χ0v) is 10.9. The molecular weight excluding hydrogens is 194 g/mol. The summed E-state index contributed by atoms with van der Waals surface area (Å²) in [5.41, 5.74) is 0.0582. The van der Waals surface area contributed by atoms with Crippen LogP contribution in [0.3, 0.4) is 0 Å². The molecule has 0 aromatic rings. The van der Waals surface area contributed by atoms with Crippen molar-refractivity contribution >= 4 is 0 Å². The van der Waals surface area contributed by atoms with Crippen LogP contribution >= 0.6 is 0 Å². The first-order valence-corrected chi connectivity index (χ1v) is 7.24. The van der Waals surface area contributed by atoms with Gasteiger partial charge in [-0.25, -0.2) is 0 Å². The summed E-state index contributed by atoms with van der Waals surface area (Å²) in [4.78, 5) is 0. The maximum Gasteiger partial charge on any atom is 0.0689 e. The quantitative estimate of drug-likeness (QED) is 0.446. The van der Waals surface area contributed by atoms with Gasteiger partial charge in [-0.1, -0.05) is 64.7 Å². The second-order valence-corrected chi connectivity index (χ2v) is 5.47. The number of hydrogen-bond donors (Lipinski definition) is 0. The molecule has 92 valence electrons. The van der Waals surface area contributed by atoms with E-state index in [0.29, 0.717) is 0 Å². The highest BCUT2D eigenvalue weighted by Crippen LogP contribution is 2.38. The standard InChI is InChI=1S/C15H27N/c1-2-3-4-5-8-11-15(14-16)12-9-6-7-10-13-15/h2-13H2,1H3. The number of rotatable bonds is 6. The number of nitrogens with zero attached hydrogens (tertiary/aromatic N) is 1. The van der Waals surface area contributed by atoms with Crippen molar-refractivity contribution in [1.29, 1.82) is 5.26 Å². The molecule has 0 saturated heterocycles. The maximum atomic E-state index is 9.42. The third-order valence-corrected chi connectivity index (χ3v) is 4.06. The summed E-state index contributed by atoms with van der Waals surface area (Å²) < 4.78 is 0. The van der Waals surface area contributed by atoms with E-state index in [9.17, 15) is 5.26 Å². The van der Waals surface area contributed by atoms with Crippen molar-refractivity contribution in [2.45, 2.75) is 84.0 Å². The topological polar surface area (TPSA) is 23.8 Å². The lowest BCUT2D eigenvalue weighted by Crippen LogP contribution is -2.17. The van der Waals surface area contributed by atoms with Crippen LogP contribution in [0.1, 0.15) is 84.0 Å². The monoisotopic (exact) mass is 221 g/mol. The smallest absolute Gasteiger partial charge is 0.0689 e. The minimum absolute atomic E-state index is 0.0582. The number of nitriles is 1. The fraction of sp³-hybridized carbons (Fsp3) is 0.933. The molecule has 1 rings (SSSR count). The summed E-state index contributed by atoms with van der Waals surface area (Å²) in [6, 6.07) is 2.65. The summed E-state index contributed by atoms with van der Waals surface area (Å²) in [6.07, 6.45) is 15.4. The molecule has 16 heavy (non-hydrogen) atoms. The Hall–Kier alpha value is -0.510. The lowest BCUT2D eigenvalue weighted by Gasteiger charge is -2.24. The SMILES string of the molecule is CCCCCCCC1(C#N)CCCCCC1. The minimum Gasteiger partial charge on any atom is -0.198 e. The molecule has 0 unspecified atom stereocenters. The van der Waals surface area contributed by atoms with Gasteiger partial charge in [0.2, 0.25) is 0 Å². The van der Waals surface area contributed by atoms with Crippen molar-refractivity contribution in [1.82, 2.24) is 0 Å². The van der Waals surface area contributed by atoms with Gasteiger partial charge in [0.25, 0.3) is 0 Å². The summed E-state index contributed by atoms with van der Waals surface area (Å²) in [6.45, 7) is 2.25. The van der Waals surface area contributed by atoms with Crippen molar-refractivity contribution in [3.63, 3.8) is 0 Å². The molecule has 1 saturated carbocycles. The average Bonchev–Trinajstić information content (AvgIpc) is 2.55. The molecule has 0 aromatic carbocycles. The lowest BCUT2D eigenvalue weighted by atomic mass is 9.77. The molecule has 1 nitrogen and oxygen atoms in total. The highest BCUT2D eigenvalue weighted by atomic mass is 14.4. The molecule has 0 amide bonds. The van der Waals surface area contributed by atoms with Gasteiger partial charge in [-0.3, -0.25) is 0 Å². The Morgan fingerprint density at radius 3 is 2.12 bits per heavy atom. The Labute approximate surface area is 101 Å². The Morgan fingerprint density at radius 1 is 0.938 bits per heavy atom. The molecule has 0 N–H and O–H groups in total. The Balaban J connectivity index is 2.26. The first-order valence-electron chi connectivity index (χ1n) is 7.24. The summed E-state index contributed by atoms with van der Waals surface area (Å²) in [5.74, 6) is 0. The van der Waals surface area contributed by atoms with Crippen molar-refractivity contribution in [2.24, 2.45) is 5.41 Å². The van der Waals surface area contributed by atoms with Crippen LogP contribution in [-0.2, 0) is 0 Å². The molecule has 1 aliphatic rings. The molecular formula is C15H27N. The fourth-order valence-corrected chi connectivity index (χ4v) is 2.89. The van der Waals surface area contributed by atoms with Gasteiger partial charge >= 0.3 is 0 Å². The molecule has 1 aliphatic carbocycles. The molecule has 1 fully saturated rings. The molecule has 0 radical (unpaired) electrons. The third-order valence-electron chi connectivity index (χ3n) is 4.06. The van der Waals surface area contributed by atoms with Crippen LogP contribution in [0.5, 0.6) is 0 Å². The maximum absolute atomic E-state index is 9.42. The van der Waals surface area contributed by atoms with Crippen LogP contribution < -0.4 is 0 Å². The molecule has 0 spiro atoms. The van der Waals surface area contributed by atoms with Crippen LogP contribution in [0, 0.1) is 16.7 Å². The first kappa shape index (κ1) is 13.6. The highest BCUT2D eigenvalue weighted by molar-refractivity contribution is 4.99. The third kappa shape index (κ3) is 4.56. The van der Waals surface area contributed by atoms with Crippen LogP contribution in [0.2, 0.25) is 0 Å². The van der Waals surface area contributed by atoms with Gasteiger partial charge in [0.1, 0.15) is 0 Å². The van der Waals surface area contributed by atoms with Crippen molar-refractivity contribution in [3.05, 3.63) is 0 Å². The van der Waals surface area contributed by atoms with Gasteiger partial charge in [-0.05, 0) is 19.3 Å². The van der Waals surface area contributed by atoms with Crippen molar-refractivity contribution < 1.29 is 0 Å². The van der Waals surface area contributed by atoms with Gasteiger partial charge in [0, 0.05) is 0 Å². The normalized spacial score (nSPS) is 20.0. The predicted octanol–water partition coefficient (Wildman–Crippen LogP) is 5.21. The fourth-order valence-electron chi connectivity index (χ4n) is 2.89. The molecule has 0 atom stereocenters. The van der Waals surface area contributed by atoms with E-state index in [0.717, 1.165) is 19.3 Å². The van der Waals surface area contributed by atoms with Gasteiger partial charge in [-0.15, -0.1) is 0 Å². The zero-order chi connectivity index (χ0) is 11.7. The number of hydrogen-bond acceptors (Lipinski definition) is 1. The minimum atomic E-state index is 0.0582. The Bertz CT molecular complexity index is 206. The van der Waals surface area contributed by atoms with Crippen LogP contribution in [0.25, 0.3) is 0 Å². The van der Waals surface area contributed by atoms with E-state index in [4.69, 9.17) is 0 Å². The summed E-state index contributed by atoms with van der Waals surface area (Å²) in [7, 11) is 0. The molecule has 0 bridgehead atoms. The molecule has 0 heterocycles. The second kappa shape index (κ2) is 7.71. The van der Waals surface area contributed by atoms with Crippen LogP contribution in [-0.4, -0.2) is 0 Å². The van der Waals surface area contributed by atoms with E-state index >= 15 is 0 Å². The van der Waals surface area contributed by atoms with Crippen molar-refractivity contribution in [2.75, 3.05) is 0 Å². The largest absolute Gasteiger partial charge is 0.198 e. The molecule has 0 aliphatic heterocycles. The van der Waals surface area contributed by atoms with Crippen LogP contribution in [0.4, 0.5) is 0 Å². The second-order valence-electron chi connectivity index (χ2n) is 5.47. The van der Waals surface area contributed by atoms with E-state index in [1.54, 1.807) is 0 Å². The molecule has 1 heteroatoms. The summed E-state index contributed by atoms with van der Waals surface area (Å²) >= 11 is 0. The van der Waals surface area contributed by atoms with E-state index in [1.165, 1.54) is 57.8 Å². The lowest BCUT2D eigenvalue weighted by molar-refractivity contribution is 0.302. The average molecular weight is 221 g/mol. The van der Waals surface area contributed by atoms with Gasteiger partial charge < -0.3 is 0 Å². The van der Waals surface area contributed by atoms with Gasteiger partial charge in [0.15, 0.2) is 0 Å². The zero-order valence-electron chi connectivity index (χ0n) is 10.9. The Morgan fingerprint density at radius 2 is 1.56 bits per heavy atom. The summed E-state index contributed by atoms with van der Waals surface area (Å²) in [5, 5.41) is 9.42. The van der Waals surface area contributed by atoms with Gasteiger partial charge in [0.05, 0.1) is 11.5 Å². The Kier molecular flexibility index (Phi) is 6.53. The van der Waals surface area contributed by atoms with Crippen LogP contribution in [0.15, 0.2) is 0 Å². The van der Waals surface area contributed by atoms with Crippen molar-refractivity contribution in [3.8, 4) is 6.07 Å². The van der Waals surface area contributed by atoms with E-state index in [2.05, 4.69) is 13.0 Å².